The molecule has 1 heterocycles. The molecule has 2 aromatic carbocycles. The van der Waals surface area contributed by atoms with Gasteiger partial charge in [-0.1, -0.05) is 29.3 Å². The Morgan fingerprint density at radius 1 is 1.00 bits per heavy atom. The zero-order valence-corrected chi connectivity index (χ0v) is 16.6. The highest BCUT2D eigenvalue weighted by Gasteiger charge is 2.22. The number of halogens is 2. The van der Waals surface area contributed by atoms with Gasteiger partial charge in [0, 0.05) is 18.1 Å². The number of nitrogens with zero attached hydrogens (tertiary/aromatic N) is 4. The van der Waals surface area contributed by atoms with Crippen molar-refractivity contribution in [2.75, 3.05) is 4.90 Å². The lowest BCUT2D eigenvalue weighted by atomic mass is 10.1. The molecule has 0 saturated heterocycles. The van der Waals surface area contributed by atoms with E-state index in [1.54, 1.807) is 48.5 Å². The van der Waals surface area contributed by atoms with Crippen molar-refractivity contribution in [3.05, 3.63) is 87.9 Å². The molecule has 0 fully saturated rings. The predicted molar refractivity (Wildman–Crippen MR) is 110 cm³/mol. The van der Waals surface area contributed by atoms with Crippen molar-refractivity contribution in [1.82, 2.24) is 9.97 Å². The molecule has 0 spiro atoms. The van der Waals surface area contributed by atoms with Crippen LogP contribution in [-0.2, 0) is 11.3 Å². The molecule has 0 aliphatic carbocycles. The topological polar surface area (TPSA) is 87.0 Å². The third kappa shape index (κ3) is 5.17. The van der Waals surface area contributed by atoms with Gasteiger partial charge in [0.05, 0.1) is 34.6 Å². The van der Waals surface area contributed by atoms with E-state index in [1.165, 1.54) is 17.3 Å². The summed E-state index contributed by atoms with van der Waals surface area (Å²) >= 11 is 12.0. The second-order valence-electron chi connectivity index (χ2n) is 6.06. The summed E-state index contributed by atoms with van der Waals surface area (Å²) in [5.41, 5.74) is 1.74. The minimum Gasteiger partial charge on any atom is -0.308 e. The number of rotatable bonds is 6. The van der Waals surface area contributed by atoms with E-state index in [1.807, 2.05) is 6.07 Å². The molecule has 0 aliphatic heterocycles. The average molecular weight is 425 g/mol. The second-order valence-corrected chi connectivity index (χ2v) is 6.87. The maximum absolute atomic E-state index is 13.0. The molecule has 8 heteroatoms. The van der Waals surface area contributed by atoms with Crippen LogP contribution in [0.4, 0.5) is 5.69 Å². The van der Waals surface area contributed by atoms with Crippen LogP contribution in [0.1, 0.15) is 28.2 Å². The van der Waals surface area contributed by atoms with E-state index in [4.69, 9.17) is 28.5 Å². The number of benzene rings is 2. The van der Waals surface area contributed by atoms with Gasteiger partial charge in [-0.15, -0.1) is 0 Å². The predicted octanol–water partition coefficient (Wildman–Crippen LogP) is 4.46. The fourth-order valence-electron chi connectivity index (χ4n) is 2.61. The van der Waals surface area contributed by atoms with E-state index in [2.05, 4.69) is 9.97 Å². The van der Waals surface area contributed by atoms with Crippen LogP contribution in [0.3, 0.4) is 0 Å². The van der Waals surface area contributed by atoms with E-state index >= 15 is 0 Å². The first-order chi connectivity index (χ1) is 14.0. The Balaban J connectivity index is 1.88. The molecule has 0 saturated carbocycles. The van der Waals surface area contributed by atoms with Crippen LogP contribution >= 0.6 is 23.2 Å². The van der Waals surface area contributed by atoms with Crippen LogP contribution in [0.2, 0.25) is 10.0 Å². The Bertz CT molecular complexity index is 1080. The number of anilines is 1. The van der Waals surface area contributed by atoms with Crippen LogP contribution < -0.4 is 4.90 Å². The number of carbonyl (C=O) groups excluding carboxylic acids is 2. The fourth-order valence-corrected chi connectivity index (χ4v) is 2.94. The first-order valence-corrected chi connectivity index (χ1v) is 9.28. The summed E-state index contributed by atoms with van der Waals surface area (Å²) in [5, 5.41) is 9.77. The maximum atomic E-state index is 13.0. The summed E-state index contributed by atoms with van der Waals surface area (Å²) in [6.45, 7) is 0.171. The van der Waals surface area contributed by atoms with Crippen molar-refractivity contribution in [3.63, 3.8) is 0 Å². The smallest absolute Gasteiger partial charge is 0.235 e. The van der Waals surface area contributed by atoms with Gasteiger partial charge in [-0.2, -0.15) is 5.26 Å². The zero-order chi connectivity index (χ0) is 20.8. The molecule has 1 aromatic heterocycles. The molecule has 6 nitrogen and oxygen atoms in total. The number of aromatic nitrogens is 2. The summed E-state index contributed by atoms with van der Waals surface area (Å²) in [6, 6.07) is 15.2. The van der Waals surface area contributed by atoms with E-state index < -0.39 is 18.1 Å². The number of nitriles is 1. The largest absolute Gasteiger partial charge is 0.308 e. The SMILES string of the molecule is N#Cc1ccc(N(Cc2ccc(Cl)c(Cl)c2)C(=O)CC(=O)c2ncccn2)cc1. The zero-order valence-electron chi connectivity index (χ0n) is 15.0. The van der Waals surface area contributed by atoms with Gasteiger partial charge in [-0.05, 0) is 48.0 Å². The van der Waals surface area contributed by atoms with Crippen LogP contribution in [0.5, 0.6) is 0 Å². The molecule has 0 bridgehead atoms. The number of Topliss-reactive ketones (excluding diaryl/α,β-unsaturated/α-hetero) is 1. The van der Waals surface area contributed by atoms with Crippen molar-refractivity contribution in [2.24, 2.45) is 0 Å². The minimum atomic E-state index is -0.483. The van der Waals surface area contributed by atoms with Crippen molar-refractivity contribution in [1.29, 1.82) is 5.26 Å². The highest BCUT2D eigenvalue weighted by atomic mass is 35.5. The van der Waals surface area contributed by atoms with Gasteiger partial charge in [0.2, 0.25) is 11.7 Å². The maximum Gasteiger partial charge on any atom is 0.235 e. The van der Waals surface area contributed by atoms with Crippen LogP contribution in [-0.4, -0.2) is 21.7 Å². The van der Waals surface area contributed by atoms with Crippen molar-refractivity contribution < 1.29 is 9.59 Å². The van der Waals surface area contributed by atoms with Gasteiger partial charge in [0.15, 0.2) is 5.82 Å². The lowest BCUT2D eigenvalue weighted by Gasteiger charge is -2.23. The van der Waals surface area contributed by atoms with Crippen molar-refractivity contribution in [2.45, 2.75) is 13.0 Å². The van der Waals surface area contributed by atoms with Crippen molar-refractivity contribution >= 4 is 40.6 Å². The molecule has 3 rings (SSSR count). The number of hydrogen-bond acceptors (Lipinski definition) is 5. The average Bonchev–Trinajstić information content (AvgIpc) is 2.75. The molecule has 3 aromatic rings. The summed E-state index contributed by atoms with van der Waals surface area (Å²) in [5.74, 6) is -0.934. The van der Waals surface area contributed by atoms with Crippen LogP contribution in [0.25, 0.3) is 0 Å². The lowest BCUT2D eigenvalue weighted by Crippen LogP contribution is -2.32. The summed E-state index contributed by atoms with van der Waals surface area (Å²) in [4.78, 5) is 34.6. The highest BCUT2D eigenvalue weighted by molar-refractivity contribution is 6.42. The Kier molecular flexibility index (Phi) is 6.55. The number of ketones is 1. The van der Waals surface area contributed by atoms with E-state index in [9.17, 15) is 9.59 Å². The molecule has 0 unspecified atom stereocenters. The normalized spacial score (nSPS) is 10.2. The lowest BCUT2D eigenvalue weighted by molar-refractivity contribution is -0.117. The Hall–Kier alpha value is -3.27. The highest BCUT2D eigenvalue weighted by Crippen LogP contribution is 2.25. The number of hydrogen-bond donors (Lipinski definition) is 0. The molecular formula is C21H14Cl2N4O2. The number of carbonyl (C=O) groups is 2. The number of amides is 1. The van der Waals surface area contributed by atoms with Gasteiger partial charge in [0.25, 0.3) is 0 Å². The quantitative estimate of drug-likeness (QED) is 0.430. The molecule has 0 aliphatic rings. The van der Waals surface area contributed by atoms with Crippen molar-refractivity contribution in [3.8, 4) is 6.07 Å². The molecule has 0 radical (unpaired) electrons. The Morgan fingerprint density at radius 3 is 2.31 bits per heavy atom. The van der Waals surface area contributed by atoms with E-state index in [0.717, 1.165) is 5.56 Å². The third-order valence-corrected chi connectivity index (χ3v) is 4.80. The molecule has 144 valence electrons. The summed E-state index contributed by atoms with van der Waals surface area (Å²) < 4.78 is 0. The van der Waals surface area contributed by atoms with E-state index in [-0.39, 0.29) is 12.4 Å². The van der Waals surface area contributed by atoms with Gasteiger partial charge in [0.1, 0.15) is 0 Å². The fraction of sp³-hybridized carbons (Fsp3) is 0.0952. The minimum absolute atomic E-state index is 0.0184. The monoisotopic (exact) mass is 424 g/mol. The Morgan fingerprint density at radius 2 is 1.69 bits per heavy atom. The standard InChI is InChI=1S/C21H14Cl2N4O2/c22-17-7-4-15(10-18(17)23)13-27(16-5-2-14(12-24)3-6-16)20(29)11-19(28)21-25-8-1-9-26-21/h1-10H,11,13H2. The Labute approximate surface area is 177 Å². The van der Waals surface area contributed by atoms with Gasteiger partial charge in [-0.3, -0.25) is 9.59 Å². The summed E-state index contributed by atoms with van der Waals surface area (Å²) in [6.07, 6.45) is 2.49. The second kappa shape index (κ2) is 9.28. The van der Waals surface area contributed by atoms with Crippen LogP contribution in [0.15, 0.2) is 60.9 Å². The van der Waals surface area contributed by atoms with Crippen LogP contribution in [0, 0.1) is 11.3 Å². The van der Waals surface area contributed by atoms with Gasteiger partial charge in [-0.25, -0.2) is 9.97 Å². The molecule has 0 atom stereocenters. The van der Waals surface area contributed by atoms with Gasteiger partial charge < -0.3 is 4.90 Å². The first-order valence-electron chi connectivity index (χ1n) is 8.52. The molecule has 0 N–H and O–H groups in total. The summed E-state index contributed by atoms with van der Waals surface area (Å²) in [7, 11) is 0. The molecular weight excluding hydrogens is 411 g/mol. The third-order valence-electron chi connectivity index (χ3n) is 4.06. The van der Waals surface area contributed by atoms with Gasteiger partial charge >= 0.3 is 0 Å². The molecule has 29 heavy (non-hydrogen) atoms. The first kappa shape index (κ1) is 20.5. The molecule has 1 amide bonds. The van der Waals surface area contributed by atoms with E-state index in [0.29, 0.717) is 21.3 Å².